The molecule has 0 bridgehead atoms. The summed E-state index contributed by atoms with van der Waals surface area (Å²) in [6, 6.07) is 2.29. The average Bonchev–Trinajstić information content (AvgIpc) is 2.74. The third-order valence-corrected chi connectivity index (χ3v) is 3.77. The van der Waals surface area contributed by atoms with Gasteiger partial charge in [-0.2, -0.15) is 11.3 Å². The molecule has 1 rings (SSSR count). The molecular weight excluding hydrogens is 200 g/mol. The fraction of sp³-hybridized carbons (Fsp3) is 0.714. The van der Waals surface area contributed by atoms with Crippen molar-refractivity contribution in [2.45, 2.75) is 58.8 Å². The molecule has 0 aliphatic carbocycles. The van der Waals surface area contributed by atoms with E-state index in [9.17, 15) is 0 Å². The van der Waals surface area contributed by atoms with Crippen LogP contribution >= 0.6 is 11.3 Å². The number of thiophene rings is 1. The van der Waals surface area contributed by atoms with Gasteiger partial charge in [0.1, 0.15) is 0 Å². The van der Waals surface area contributed by atoms with E-state index in [0.29, 0.717) is 0 Å². The van der Waals surface area contributed by atoms with Gasteiger partial charge in [-0.25, -0.2) is 0 Å². The van der Waals surface area contributed by atoms with E-state index in [0.717, 1.165) is 5.92 Å². The van der Waals surface area contributed by atoms with E-state index < -0.39 is 0 Å². The zero-order valence-electron chi connectivity index (χ0n) is 10.2. The van der Waals surface area contributed by atoms with E-state index in [1.165, 1.54) is 44.9 Å². The topological polar surface area (TPSA) is 0 Å². The third kappa shape index (κ3) is 5.36. The first-order chi connectivity index (χ1) is 7.36. The van der Waals surface area contributed by atoms with Gasteiger partial charge in [-0.1, -0.05) is 52.4 Å². The van der Waals surface area contributed by atoms with Gasteiger partial charge in [0.25, 0.3) is 0 Å². The molecule has 86 valence electrons. The van der Waals surface area contributed by atoms with E-state index in [4.69, 9.17) is 0 Å². The van der Waals surface area contributed by atoms with Crippen LogP contribution in [0.5, 0.6) is 0 Å². The molecular formula is C14H24S. The monoisotopic (exact) mass is 224 g/mol. The second kappa shape index (κ2) is 7.92. The smallest absolute Gasteiger partial charge is 0.00612 e. The maximum atomic E-state index is 2.31. The number of hydrogen-bond acceptors (Lipinski definition) is 1. The van der Waals surface area contributed by atoms with E-state index in [1.54, 1.807) is 5.56 Å². The zero-order valence-corrected chi connectivity index (χ0v) is 11.0. The van der Waals surface area contributed by atoms with E-state index in [1.807, 2.05) is 11.3 Å². The Bertz CT molecular complexity index is 217. The molecule has 0 atom stereocenters. The summed E-state index contributed by atoms with van der Waals surface area (Å²) in [4.78, 5) is 0. The van der Waals surface area contributed by atoms with Crippen molar-refractivity contribution in [2.75, 3.05) is 0 Å². The van der Waals surface area contributed by atoms with Crippen LogP contribution in [-0.2, 0) is 6.42 Å². The minimum atomic E-state index is 0.930. The lowest BCUT2D eigenvalue weighted by atomic mass is 9.91. The molecule has 0 nitrogen and oxygen atoms in total. The van der Waals surface area contributed by atoms with Crippen molar-refractivity contribution in [3.63, 3.8) is 0 Å². The standard InChI is InChI=1S/C14H24S/c1-3-5-7-13(8-6-4-2)11-14-9-10-15-12-14/h9-10,12-13H,3-8,11H2,1-2H3. The minimum Gasteiger partial charge on any atom is -0.152 e. The number of unbranched alkanes of at least 4 members (excludes halogenated alkanes) is 2. The molecule has 1 heteroatoms. The Balaban J connectivity index is 2.33. The molecule has 0 radical (unpaired) electrons. The summed E-state index contributed by atoms with van der Waals surface area (Å²) < 4.78 is 0. The summed E-state index contributed by atoms with van der Waals surface area (Å²) in [5.41, 5.74) is 1.55. The summed E-state index contributed by atoms with van der Waals surface area (Å²) in [5, 5.41) is 4.51. The van der Waals surface area contributed by atoms with Crippen LogP contribution in [0.2, 0.25) is 0 Å². The lowest BCUT2D eigenvalue weighted by molar-refractivity contribution is 0.417. The first-order valence-corrected chi connectivity index (χ1v) is 7.32. The Kier molecular flexibility index (Phi) is 6.74. The molecule has 0 saturated carbocycles. The van der Waals surface area contributed by atoms with Crippen LogP contribution in [0.25, 0.3) is 0 Å². The van der Waals surface area contributed by atoms with E-state index in [2.05, 4.69) is 30.7 Å². The predicted molar refractivity (Wildman–Crippen MR) is 70.6 cm³/mol. The van der Waals surface area contributed by atoms with Gasteiger partial charge in [-0.05, 0) is 34.7 Å². The SMILES string of the molecule is CCCCC(CCCC)Cc1ccsc1. The molecule has 0 spiro atoms. The fourth-order valence-corrected chi connectivity index (χ4v) is 2.76. The largest absolute Gasteiger partial charge is 0.152 e. The summed E-state index contributed by atoms with van der Waals surface area (Å²) in [5.74, 6) is 0.930. The van der Waals surface area contributed by atoms with E-state index in [-0.39, 0.29) is 0 Å². The Hall–Kier alpha value is -0.300. The van der Waals surface area contributed by atoms with Crippen molar-refractivity contribution in [1.29, 1.82) is 0 Å². The number of rotatable bonds is 8. The van der Waals surface area contributed by atoms with Crippen molar-refractivity contribution in [3.05, 3.63) is 22.4 Å². The van der Waals surface area contributed by atoms with Crippen LogP contribution in [-0.4, -0.2) is 0 Å². The van der Waals surface area contributed by atoms with Gasteiger partial charge in [0.05, 0.1) is 0 Å². The third-order valence-electron chi connectivity index (χ3n) is 3.04. The molecule has 1 heterocycles. The van der Waals surface area contributed by atoms with E-state index >= 15 is 0 Å². The predicted octanol–water partition coefficient (Wildman–Crippen LogP) is 5.29. The highest BCUT2D eigenvalue weighted by Gasteiger charge is 2.08. The Morgan fingerprint density at radius 2 is 1.80 bits per heavy atom. The highest BCUT2D eigenvalue weighted by Crippen LogP contribution is 2.22. The first kappa shape index (κ1) is 12.8. The molecule has 0 fully saturated rings. The number of hydrogen-bond donors (Lipinski definition) is 0. The van der Waals surface area contributed by atoms with Gasteiger partial charge in [0.2, 0.25) is 0 Å². The second-order valence-corrected chi connectivity index (χ2v) is 5.27. The Labute approximate surface area is 98.7 Å². The quantitative estimate of drug-likeness (QED) is 0.563. The normalized spacial score (nSPS) is 11.1. The van der Waals surface area contributed by atoms with Crippen LogP contribution in [0.1, 0.15) is 57.9 Å². The minimum absolute atomic E-state index is 0.930. The average molecular weight is 224 g/mol. The van der Waals surface area contributed by atoms with Crippen LogP contribution in [0, 0.1) is 5.92 Å². The summed E-state index contributed by atoms with van der Waals surface area (Å²) in [7, 11) is 0. The summed E-state index contributed by atoms with van der Waals surface area (Å²) in [6.45, 7) is 4.59. The van der Waals surface area contributed by atoms with Crippen LogP contribution in [0.3, 0.4) is 0 Å². The first-order valence-electron chi connectivity index (χ1n) is 6.37. The van der Waals surface area contributed by atoms with Gasteiger partial charge in [0, 0.05) is 0 Å². The maximum absolute atomic E-state index is 2.31. The van der Waals surface area contributed by atoms with Crippen molar-refractivity contribution in [2.24, 2.45) is 5.92 Å². The molecule has 0 saturated heterocycles. The van der Waals surface area contributed by atoms with Gasteiger partial charge >= 0.3 is 0 Å². The molecule has 0 unspecified atom stereocenters. The van der Waals surface area contributed by atoms with Gasteiger partial charge in [0.15, 0.2) is 0 Å². The summed E-state index contributed by atoms with van der Waals surface area (Å²) in [6.07, 6.45) is 9.64. The molecule has 0 aromatic carbocycles. The lowest BCUT2D eigenvalue weighted by Crippen LogP contribution is -2.04. The molecule has 1 aromatic heterocycles. The van der Waals surface area contributed by atoms with Gasteiger partial charge < -0.3 is 0 Å². The van der Waals surface area contributed by atoms with Crippen molar-refractivity contribution in [1.82, 2.24) is 0 Å². The molecule has 15 heavy (non-hydrogen) atoms. The molecule has 1 aromatic rings. The highest BCUT2D eigenvalue weighted by molar-refractivity contribution is 7.07. The van der Waals surface area contributed by atoms with Crippen LogP contribution in [0.15, 0.2) is 16.8 Å². The zero-order chi connectivity index (χ0) is 10.9. The molecule has 0 aliphatic heterocycles. The van der Waals surface area contributed by atoms with Crippen molar-refractivity contribution in [3.8, 4) is 0 Å². The Morgan fingerprint density at radius 1 is 1.13 bits per heavy atom. The molecule has 0 aliphatic rings. The van der Waals surface area contributed by atoms with Crippen molar-refractivity contribution < 1.29 is 0 Å². The second-order valence-electron chi connectivity index (χ2n) is 4.49. The van der Waals surface area contributed by atoms with Gasteiger partial charge in [-0.3, -0.25) is 0 Å². The summed E-state index contributed by atoms with van der Waals surface area (Å²) >= 11 is 1.83. The van der Waals surface area contributed by atoms with Gasteiger partial charge in [-0.15, -0.1) is 0 Å². The van der Waals surface area contributed by atoms with Crippen LogP contribution in [0.4, 0.5) is 0 Å². The Morgan fingerprint density at radius 3 is 2.27 bits per heavy atom. The molecule has 0 N–H and O–H groups in total. The van der Waals surface area contributed by atoms with Crippen molar-refractivity contribution >= 4 is 11.3 Å². The maximum Gasteiger partial charge on any atom is -0.00612 e. The molecule has 0 amide bonds. The van der Waals surface area contributed by atoms with Crippen LogP contribution < -0.4 is 0 Å². The lowest BCUT2D eigenvalue weighted by Gasteiger charge is -2.15. The highest BCUT2D eigenvalue weighted by atomic mass is 32.1. The fourth-order valence-electron chi connectivity index (χ4n) is 2.08.